The van der Waals surface area contributed by atoms with Crippen LogP contribution in [0.4, 0.5) is 0 Å². The molecule has 1 aliphatic heterocycles. The molecule has 1 spiro atoms. The molecule has 5 amide bonds. The number of hydrogen-bond acceptors (Lipinski definition) is 7. The fourth-order valence-corrected chi connectivity index (χ4v) is 11.9. The first-order valence-electron chi connectivity index (χ1n) is 19.0. The highest BCUT2D eigenvalue weighted by Gasteiger charge is 2.73. The number of nitrogens with one attached hydrogen (secondary N) is 4. The van der Waals surface area contributed by atoms with E-state index in [0.717, 1.165) is 35.3 Å². The van der Waals surface area contributed by atoms with Gasteiger partial charge in [-0.1, -0.05) is 81.2 Å². The van der Waals surface area contributed by atoms with Crippen molar-refractivity contribution in [3.63, 3.8) is 0 Å². The standard InChI is InChI=1S/C42H49N5O5S2/c1-22(2)28-21-42-17-14-29-40(5,15-9-16-41(29,6)37(52)45-46-38(53)43-33(48)25-12-7-10-23(3)18-25)30(42)20-27(28)31-32(42)36(51)47(35(31)50)39(54)44-34(49)26-13-8-11-24(4)19-26/h7-8,10-13,18-19,21-22,27,29-32H,9,14-17,20H2,1-6H3,(H,45,52)(H,44,49,54)(H2,43,46,48,53)/t27?,29?,30?,31?,32?,40-,41+,42?/m0/s1. The topological polar surface area (TPSA) is 137 Å². The minimum atomic E-state index is -0.748. The third kappa shape index (κ3) is 6.00. The van der Waals surface area contributed by atoms with Crippen LogP contribution in [-0.2, 0) is 14.4 Å². The minimum absolute atomic E-state index is 0.00154. The summed E-state index contributed by atoms with van der Waals surface area (Å²) in [6.07, 6.45) is 6.85. The lowest BCUT2D eigenvalue weighted by molar-refractivity contribution is -0.187. The highest BCUT2D eigenvalue weighted by molar-refractivity contribution is 7.80. The number of carbonyl (C=O) groups is 5. The van der Waals surface area contributed by atoms with Crippen molar-refractivity contribution in [3.05, 3.63) is 82.4 Å². The van der Waals surface area contributed by atoms with Crippen molar-refractivity contribution < 1.29 is 24.0 Å². The summed E-state index contributed by atoms with van der Waals surface area (Å²) in [4.78, 5) is 70.2. The Balaban J connectivity index is 1.12. The summed E-state index contributed by atoms with van der Waals surface area (Å²) in [6, 6.07) is 14.2. The molecular weight excluding hydrogens is 719 g/mol. The molecule has 0 aromatic heterocycles. The molecule has 2 bridgehead atoms. The SMILES string of the molecule is Cc1cccc(C(=O)NC(=S)NNC(=O)[C@]2(C)CCC[C@]3(C)C4CC5C(C(C)C)=CC4(CCC32)C2C(=O)N(C(=S)NC(=O)c3cccc(C)c3)C(=O)C52)c1. The van der Waals surface area contributed by atoms with Crippen LogP contribution in [-0.4, -0.2) is 44.7 Å². The number of amides is 5. The smallest absolute Gasteiger partial charge is 0.257 e. The van der Waals surface area contributed by atoms with E-state index >= 15 is 0 Å². The molecule has 1 saturated heterocycles. The van der Waals surface area contributed by atoms with Gasteiger partial charge in [-0.05, 0) is 124 Å². The monoisotopic (exact) mass is 767 g/mol. The third-order valence-electron chi connectivity index (χ3n) is 13.7. The van der Waals surface area contributed by atoms with E-state index in [1.54, 1.807) is 36.4 Å². The van der Waals surface area contributed by atoms with E-state index in [0.29, 0.717) is 30.4 Å². The van der Waals surface area contributed by atoms with E-state index in [2.05, 4.69) is 48.3 Å². The molecule has 3 saturated carbocycles. The molecule has 2 aromatic rings. The van der Waals surface area contributed by atoms with Crippen LogP contribution < -0.4 is 21.5 Å². The van der Waals surface area contributed by atoms with Crippen LogP contribution in [0.2, 0.25) is 0 Å². The Hall–Kier alpha value is -4.29. The van der Waals surface area contributed by atoms with Gasteiger partial charge in [-0.25, -0.2) is 4.90 Å². The maximum absolute atomic E-state index is 14.6. The van der Waals surface area contributed by atoms with E-state index < -0.39 is 28.6 Å². The number of aryl methyl sites for hydroxylation is 2. The first kappa shape index (κ1) is 38.0. The summed E-state index contributed by atoms with van der Waals surface area (Å²) in [5, 5.41) is 5.16. The van der Waals surface area contributed by atoms with Crippen molar-refractivity contribution >= 4 is 64.2 Å². The summed E-state index contributed by atoms with van der Waals surface area (Å²) in [5.74, 6) is -2.74. The Kier molecular flexibility index (Phi) is 9.70. The van der Waals surface area contributed by atoms with Crippen molar-refractivity contribution in [2.75, 3.05) is 0 Å². The summed E-state index contributed by atoms with van der Waals surface area (Å²) >= 11 is 11.0. The van der Waals surface area contributed by atoms with Gasteiger partial charge in [0.05, 0.1) is 17.3 Å². The zero-order valence-corrected chi connectivity index (χ0v) is 33.3. The summed E-state index contributed by atoms with van der Waals surface area (Å²) in [7, 11) is 0. The van der Waals surface area contributed by atoms with Gasteiger partial charge in [0.2, 0.25) is 17.7 Å². The van der Waals surface area contributed by atoms with Crippen LogP contribution in [0.25, 0.3) is 0 Å². The van der Waals surface area contributed by atoms with E-state index in [4.69, 9.17) is 24.4 Å². The normalized spacial score (nSPS) is 32.2. The molecule has 0 radical (unpaired) electrons. The van der Waals surface area contributed by atoms with Crippen molar-refractivity contribution in [2.24, 2.45) is 51.8 Å². The van der Waals surface area contributed by atoms with Crippen LogP contribution >= 0.6 is 24.4 Å². The molecule has 6 aliphatic rings. The van der Waals surface area contributed by atoms with Gasteiger partial charge in [0.15, 0.2) is 10.2 Å². The van der Waals surface area contributed by atoms with Crippen LogP contribution in [0.15, 0.2) is 60.2 Å². The Morgan fingerprint density at radius 3 is 2.07 bits per heavy atom. The van der Waals surface area contributed by atoms with Gasteiger partial charge in [-0.2, -0.15) is 0 Å². The highest BCUT2D eigenvalue weighted by atomic mass is 32.1. The highest BCUT2D eigenvalue weighted by Crippen LogP contribution is 2.74. The second-order valence-corrected chi connectivity index (χ2v) is 17.8. The molecule has 10 nitrogen and oxygen atoms in total. The molecule has 12 heteroatoms. The lowest BCUT2D eigenvalue weighted by Gasteiger charge is -2.68. The molecule has 2 aromatic carbocycles. The van der Waals surface area contributed by atoms with E-state index in [-0.39, 0.29) is 62.9 Å². The van der Waals surface area contributed by atoms with Crippen LogP contribution in [0.1, 0.15) is 98.1 Å². The Labute approximate surface area is 327 Å². The first-order chi connectivity index (χ1) is 25.5. The number of hydrazine groups is 1. The van der Waals surface area contributed by atoms with Gasteiger partial charge >= 0.3 is 0 Å². The number of imide groups is 1. The number of likely N-dealkylation sites (tertiary alicyclic amines) is 1. The van der Waals surface area contributed by atoms with Crippen LogP contribution in [0, 0.1) is 65.6 Å². The third-order valence-corrected chi connectivity index (χ3v) is 14.2. The van der Waals surface area contributed by atoms with E-state index in [1.807, 2.05) is 32.9 Å². The predicted molar refractivity (Wildman–Crippen MR) is 212 cm³/mol. The number of rotatable bonds is 4. The largest absolute Gasteiger partial charge is 0.298 e. The molecule has 1 heterocycles. The zero-order valence-electron chi connectivity index (χ0n) is 31.7. The fraction of sp³-hybridized carbons (Fsp3) is 0.500. The fourth-order valence-electron chi connectivity index (χ4n) is 11.4. The molecular formula is C42H49N5O5S2. The predicted octanol–water partition coefficient (Wildman–Crippen LogP) is 6.08. The maximum atomic E-state index is 14.6. The summed E-state index contributed by atoms with van der Waals surface area (Å²) < 4.78 is 0. The second kappa shape index (κ2) is 13.8. The quantitative estimate of drug-likeness (QED) is 0.127. The van der Waals surface area contributed by atoms with Gasteiger partial charge in [-0.15, -0.1) is 0 Å². The van der Waals surface area contributed by atoms with Gasteiger partial charge in [-0.3, -0.25) is 45.5 Å². The number of thiocarbonyl (C=S) groups is 2. The van der Waals surface area contributed by atoms with Gasteiger partial charge in [0.1, 0.15) is 0 Å². The zero-order chi connectivity index (χ0) is 38.9. The molecule has 4 fully saturated rings. The average Bonchev–Trinajstić information content (AvgIpc) is 3.41. The lowest BCUT2D eigenvalue weighted by atomic mass is 9.34. The van der Waals surface area contributed by atoms with E-state index in [1.165, 1.54) is 5.57 Å². The number of carbonyl (C=O) groups excluding carboxylic acids is 5. The van der Waals surface area contributed by atoms with Crippen LogP contribution in [0.5, 0.6) is 0 Å². The van der Waals surface area contributed by atoms with Crippen molar-refractivity contribution in [1.29, 1.82) is 0 Å². The average molecular weight is 768 g/mol. The maximum Gasteiger partial charge on any atom is 0.257 e. The summed E-state index contributed by atoms with van der Waals surface area (Å²) in [6.45, 7) is 12.4. The summed E-state index contributed by atoms with van der Waals surface area (Å²) in [5.41, 5.74) is 7.89. The first-order valence-corrected chi connectivity index (χ1v) is 19.8. The number of nitrogens with zero attached hydrogens (tertiary/aromatic N) is 1. The lowest BCUT2D eigenvalue weighted by Crippen LogP contribution is -2.66. The van der Waals surface area contributed by atoms with Gasteiger partial charge in [0, 0.05) is 16.5 Å². The minimum Gasteiger partial charge on any atom is -0.298 e. The second-order valence-electron chi connectivity index (χ2n) is 17.1. The van der Waals surface area contributed by atoms with Crippen molar-refractivity contribution in [3.8, 4) is 0 Å². The molecule has 4 N–H and O–H groups in total. The number of allylic oxidation sites excluding steroid dienone is 2. The molecule has 5 aliphatic carbocycles. The number of benzene rings is 2. The van der Waals surface area contributed by atoms with Crippen LogP contribution in [0.3, 0.4) is 0 Å². The van der Waals surface area contributed by atoms with Crippen molar-refractivity contribution in [2.45, 2.75) is 80.1 Å². The van der Waals surface area contributed by atoms with Gasteiger partial charge in [0.25, 0.3) is 11.8 Å². The van der Waals surface area contributed by atoms with Crippen molar-refractivity contribution in [1.82, 2.24) is 26.4 Å². The molecule has 8 rings (SSSR count). The molecule has 6 unspecified atom stereocenters. The molecule has 54 heavy (non-hydrogen) atoms. The Bertz CT molecular complexity index is 2030. The Morgan fingerprint density at radius 2 is 1.46 bits per heavy atom. The number of fused-ring (bicyclic) bond motifs is 1. The van der Waals surface area contributed by atoms with Gasteiger partial charge < -0.3 is 0 Å². The number of hydrogen-bond donors (Lipinski definition) is 4. The molecule has 8 atom stereocenters. The van der Waals surface area contributed by atoms with E-state index in [9.17, 15) is 24.0 Å². The Morgan fingerprint density at radius 1 is 0.833 bits per heavy atom. The molecule has 284 valence electrons.